The maximum Gasteiger partial charge on any atom is 0.266 e. The molecular weight excluding hydrogens is 422 g/mol. The molecule has 3 aromatic rings. The fourth-order valence-electron chi connectivity index (χ4n) is 4.59. The lowest BCUT2D eigenvalue weighted by Gasteiger charge is -2.33. The van der Waals surface area contributed by atoms with Gasteiger partial charge in [0.15, 0.2) is 5.82 Å². The van der Waals surface area contributed by atoms with Crippen molar-refractivity contribution in [1.29, 1.82) is 0 Å². The van der Waals surface area contributed by atoms with E-state index < -0.39 is 0 Å². The Morgan fingerprint density at radius 1 is 1.03 bits per heavy atom. The third kappa shape index (κ3) is 4.41. The number of rotatable bonds is 5. The van der Waals surface area contributed by atoms with Crippen molar-refractivity contribution in [2.45, 2.75) is 25.8 Å². The number of piperidine rings is 1. The van der Waals surface area contributed by atoms with Gasteiger partial charge in [0.2, 0.25) is 11.8 Å². The predicted molar refractivity (Wildman–Crippen MR) is 120 cm³/mol. The highest BCUT2D eigenvalue weighted by molar-refractivity contribution is 6.00. The van der Waals surface area contributed by atoms with Gasteiger partial charge in [-0.15, -0.1) is 5.10 Å². The van der Waals surface area contributed by atoms with E-state index in [0.29, 0.717) is 32.0 Å². The standard InChI is InChI=1S/C23H25N7O3/c31-21-7-6-20(30-16-24-15-25-30)26-29(21)13-17-8-10-27(11-9-17)23(33)18-12-22(32)28(14-18)19-4-2-1-3-5-19/h1-7,15-18H,8-14H2. The van der Waals surface area contributed by atoms with Crippen LogP contribution in [0.1, 0.15) is 19.3 Å². The van der Waals surface area contributed by atoms with E-state index in [-0.39, 0.29) is 35.6 Å². The normalized spacial score (nSPS) is 19.3. The van der Waals surface area contributed by atoms with Crippen molar-refractivity contribution >= 4 is 17.5 Å². The van der Waals surface area contributed by atoms with Crippen molar-refractivity contribution in [3.05, 3.63) is 65.5 Å². The Labute approximate surface area is 190 Å². The maximum atomic E-state index is 13.1. The molecule has 2 saturated heterocycles. The van der Waals surface area contributed by atoms with Crippen LogP contribution in [-0.2, 0) is 16.1 Å². The number of amides is 2. The van der Waals surface area contributed by atoms with E-state index in [2.05, 4.69) is 15.2 Å². The Balaban J connectivity index is 1.18. The number of carbonyl (C=O) groups excluding carboxylic acids is 2. The van der Waals surface area contributed by atoms with E-state index in [1.54, 1.807) is 11.0 Å². The molecule has 0 N–H and O–H groups in total. The van der Waals surface area contributed by atoms with Crippen molar-refractivity contribution in [3.63, 3.8) is 0 Å². The van der Waals surface area contributed by atoms with E-state index in [9.17, 15) is 14.4 Å². The number of benzene rings is 1. The summed E-state index contributed by atoms with van der Waals surface area (Å²) in [6.45, 7) is 2.16. The number of nitrogens with zero attached hydrogens (tertiary/aromatic N) is 7. The van der Waals surface area contributed by atoms with Gasteiger partial charge in [-0.05, 0) is 37.0 Å². The third-order valence-electron chi connectivity index (χ3n) is 6.41. The van der Waals surface area contributed by atoms with Crippen LogP contribution >= 0.6 is 0 Å². The molecule has 1 aromatic carbocycles. The van der Waals surface area contributed by atoms with E-state index >= 15 is 0 Å². The molecule has 0 bridgehead atoms. The van der Waals surface area contributed by atoms with Gasteiger partial charge in [-0.3, -0.25) is 14.4 Å². The summed E-state index contributed by atoms with van der Waals surface area (Å²) >= 11 is 0. The highest BCUT2D eigenvalue weighted by Crippen LogP contribution is 2.28. The molecule has 4 heterocycles. The van der Waals surface area contributed by atoms with Gasteiger partial charge in [-0.25, -0.2) is 14.3 Å². The zero-order valence-corrected chi connectivity index (χ0v) is 18.2. The summed E-state index contributed by atoms with van der Waals surface area (Å²) in [6, 6.07) is 12.6. The summed E-state index contributed by atoms with van der Waals surface area (Å²) in [5.41, 5.74) is 0.672. The zero-order valence-electron chi connectivity index (χ0n) is 18.2. The first-order chi connectivity index (χ1) is 16.1. The van der Waals surface area contributed by atoms with Crippen LogP contribution in [-0.4, -0.2) is 60.9 Å². The summed E-state index contributed by atoms with van der Waals surface area (Å²) in [4.78, 5) is 45.3. The largest absolute Gasteiger partial charge is 0.342 e. The first-order valence-corrected chi connectivity index (χ1v) is 11.2. The van der Waals surface area contributed by atoms with Crippen LogP contribution in [0.3, 0.4) is 0 Å². The molecule has 0 saturated carbocycles. The quantitative estimate of drug-likeness (QED) is 0.580. The molecule has 10 nitrogen and oxygen atoms in total. The van der Waals surface area contributed by atoms with Crippen LogP contribution in [0.2, 0.25) is 0 Å². The Morgan fingerprint density at radius 3 is 2.55 bits per heavy atom. The van der Waals surface area contributed by atoms with Gasteiger partial charge < -0.3 is 9.80 Å². The minimum absolute atomic E-state index is 0.00727. The molecule has 2 fully saturated rings. The lowest BCUT2D eigenvalue weighted by molar-refractivity contribution is -0.137. The molecule has 2 aromatic heterocycles. The van der Waals surface area contributed by atoms with Gasteiger partial charge >= 0.3 is 0 Å². The SMILES string of the molecule is O=C(C1CC(=O)N(c2ccccc2)C1)N1CCC(Cn2nc(-n3cncn3)ccc2=O)CC1. The van der Waals surface area contributed by atoms with Gasteiger partial charge in [0.1, 0.15) is 12.7 Å². The monoisotopic (exact) mass is 447 g/mol. The van der Waals surface area contributed by atoms with Gasteiger partial charge in [0.05, 0.1) is 5.92 Å². The number of carbonyl (C=O) groups is 2. The highest BCUT2D eigenvalue weighted by Gasteiger charge is 2.38. The van der Waals surface area contributed by atoms with Crippen LogP contribution < -0.4 is 10.5 Å². The first kappa shape index (κ1) is 21.0. The van der Waals surface area contributed by atoms with E-state index in [4.69, 9.17) is 0 Å². The fraction of sp³-hybridized carbons (Fsp3) is 0.391. The summed E-state index contributed by atoms with van der Waals surface area (Å²) in [5, 5.41) is 8.47. The molecule has 33 heavy (non-hydrogen) atoms. The summed E-state index contributed by atoms with van der Waals surface area (Å²) in [6.07, 6.45) is 4.78. The Kier molecular flexibility index (Phi) is 5.72. The van der Waals surface area contributed by atoms with Crippen LogP contribution in [0.5, 0.6) is 0 Å². The molecule has 0 radical (unpaired) electrons. The number of aromatic nitrogens is 5. The molecule has 2 aliphatic heterocycles. The second kappa shape index (κ2) is 8.97. The van der Waals surface area contributed by atoms with Crippen LogP contribution in [0, 0.1) is 11.8 Å². The van der Waals surface area contributed by atoms with Gasteiger partial charge in [0.25, 0.3) is 5.56 Å². The van der Waals surface area contributed by atoms with Gasteiger partial charge in [-0.2, -0.15) is 5.10 Å². The van der Waals surface area contributed by atoms with Gasteiger partial charge in [-0.1, -0.05) is 18.2 Å². The smallest absolute Gasteiger partial charge is 0.266 e. The summed E-state index contributed by atoms with van der Waals surface area (Å²) in [7, 11) is 0. The van der Waals surface area contributed by atoms with Gasteiger partial charge in [0, 0.05) is 44.4 Å². The average Bonchev–Trinajstić information content (AvgIpc) is 3.51. The Bertz CT molecular complexity index is 1180. The van der Waals surface area contributed by atoms with Crippen molar-refractivity contribution in [2.24, 2.45) is 11.8 Å². The van der Waals surface area contributed by atoms with E-state index in [1.165, 1.54) is 28.1 Å². The van der Waals surface area contributed by atoms with E-state index in [1.807, 2.05) is 35.2 Å². The predicted octanol–water partition coefficient (Wildman–Crippen LogP) is 1.12. The van der Waals surface area contributed by atoms with Crippen LogP contribution in [0.25, 0.3) is 5.82 Å². The minimum atomic E-state index is -0.307. The molecule has 0 aliphatic carbocycles. The molecule has 5 rings (SSSR count). The molecule has 2 amide bonds. The summed E-state index contributed by atoms with van der Waals surface area (Å²) in [5.74, 6) is 0.513. The Morgan fingerprint density at radius 2 is 1.82 bits per heavy atom. The van der Waals surface area contributed by atoms with Crippen LogP contribution in [0.15, 0.2) is 59.9 Å². The van der Waals surface area contributed by atoms with Crippen molar-refractivity contribution < 1.29 is 9.59 Å². The van der Waals surface area contributed by atoms with Crippen LogP contribution in [0.4, 0.5) is 5.69 Å². The minimum Gasteiger partial charge on any atom is -0.342 e. The summed E-state index contributed by atoms with van der Waals surface area (Å²) < 4.78 is 2.98. The van der Waals surface area contributed by atoms with E-state index in [0.717, 1.165) is 18.5 Å². The molecule has 0 spiro atoms. The number of para-hydroxylation sites is 1. The topological polar surface area (TPSA) is 106 Å². The third-order valence-corrected chi connectivity index (χ3v) is 6.41. The zero-order chi connectivity index (χ0) is 22.8. The molecule has 2 aliphatic rings. The number of hydrogen-bond donors (Lipinski definition) is 0. The molecule has 1 unspecified atom stereocenters. The fourth-order valence-corrected chi connectivity index (χ4v) is 4.59. The molecule has 1 atom stereocenters. The molecular formula is C23H25N7O3. The van der Waals surface area contributed by atoms with Crippen molar-refractivity contribution in [3.8, 4) is 5.82 Å². The second-order valence-electron chi connectivity index (χ2n) is 8.56. The second-order valence-corrected chi connectivity index (χ2v) is 8.56. The molecule has 170 valence electrons. The lowest BCUT2D eigenvalue weighted by Crippen LogP contribution is -2.43. The molecule has 10 heteroatoms. The maximum absolute atomic E-state index is 13.1. The van der Waals surface area contributed by atoms with Crippen molar-refractivity contribution in [2.75, 3.05) is 24.5 Å². The number of hydrogen-bond acceptors (Lipinski definition) is 6. The number of anilines is 1. The first-order valence-electron chi connectivity index (χ1n) is 11.2. The van der Waals surface area contributed by atoms with Crippen molar-refractivity contribution in [1.82, 2.24) is 29.4 Å². The average molecular weight is 447 g/mol. The lowest BCUT2D eigenvalue weighted by atomic mass is 9.95. The highest BCUT2D eigenvalue weighted by atomic mass is 16.2. The number of likely N-dealkylation sites (tertiary alicyclic amines) is 1. The Hall–Kier alpha value is -3.82.